The van der Waals surface area contributed by atoms with Gasteiger partial charge < -0.3 is 14.8 Å². The summed E-state index contributed by atoms with van der Waals surface area (Å²) in [5.41, 5.74) is -0.416. The summed E-state index contributed by atoms with van der Waals surface area (Å²) in [5, 5.41) is 3.59. The van der Waals surface area contributed by atoms with E-state index in [0.717, 1.165) is 4.90 Å². The van der Waals surface area contributed by atoms with Crippen LogP contribution in [0.5, 0.6) is 11.5 Å². The van der Waals surface area contributed by atoms with Gasteiger partial charge in [0, 0.05) is 12.0 Å². The van der Waals surface area contributed by atoms with Gasteiger partial charge in [0.2, 0.25) is 0 Å². The second-order valence-corrected chi connectivity index (χ2v) is 7.10. The predicted molar refractivity (Wildman–Crippen MR) is 100 cm³/mol. The maximum atomic E-state index is 13.1. The number of rotatable bonds is 4. The van der Waals surface area contributed by atoms with Gasteiger partial charge >= 0.3 is 6.03 Å². The van der Waals surface area contributed by atoms with Crippen molar-refractivity contribution < 1.29 is 19.1 Å². The number of para-hydroxylation sites is 2. The zero-order valence-electron chi connectivity index (χ0n) is 14.2. The zero-order valence-corrected chi connectivity index (χ0v) is 15.7. The van der Waals surface area contributed by atoms with Crippen molar-refractivity contribution in [2.45, 2.75) is 12.0 Å². The first kappa shape index (κ1) is 17.9. The third-order valence-electron chi connectivity index (χ3n) is 4.74. The molecule has 1 atom stereocenters. The van der Waals surface area contributed by atoms with Crippen LogP contribution in [0.4, 0.5) is 4.79 Å². The Labute approximate surface area is 165 Å². The molecule has 2 aliphatic heterocycles. The first-order chi connectivity index (χ1) is 13.0. The van der Waals surface area contributed by atoms with Crippen LogP contribution in [0.1, 0.15) is 12.0 Å². The molecule has 0 bridgehead atoms. The number of urea groups is 1. The molecular weight excluding hydrogens is 391 g/mol. The van der Waals surface area contributed by atoms with Crippen molar-refractivity contribution in [3.63, 3.8) is 0 Å². The fourth-order valence-corrected chi connectivity index (χ4v) is 3.94. The van der Waals surface area contributed by atoms with Gasteiger partial charge in [0.1, 0.15) is 12.4 Å². The van der Waals surface area contributed by atoms with Crippen molar-refractivity contribution in [2.24, 2.45) is 0 Å². The van der Waals surface area contributed by atoms with E-state index < -0.39 is 11.6 Å². The summed E-state index contributed by atoms with van der Waals surface area (Å²) in [7, 11) is 0. The fraction of sp³-hybridized carbons (Fsp3) is 0.263. The van der Waals surface area contributed by atoms with Gasteiger partial charge in [-0.3, -0.25) is 9.69 Å². The van der Waals surface area contributed by atoms with Crippen LogP contribution in [0.25, 0.3) is 0 Å². The number of halogens is 2. The van der Waals surface area contributed by atoms with Crippen LogP contribution in [-0.4, -0.2) is 36.6 Å². The standard InChI is InChI=1S/C19H16Cl2N2O4/c20-13-5-3-6-14(21)16(13)27-11-9-23-17(24)19(22-18(23)25)8-10-26-15-7-2-1-4-12(15)19/h1-7H,8-11H2,(H,22,25). The van der Waals surface area contributed by atoms with E-state index in [1.54, 1.807) is 30.3 Å². The van der Waals surface area contributed by atoms with E-state index in [9.17, 15) is 9.59 Å². The minimum Gasteiger partial charge on any atom is -0.493 e. The number of hydrogen-bond donors (Lipinski definition) is 1. The minimum absolute atomic E-state index is 0.0802. The number of nitrogens with one attached hydrogen (secondary N) is 1. The average molecular weight is 407 g/mol. The summed E-state index contributed by atoms with van der Waals surface area (Å²) >= 11 is 12.1. The normalized spacial score (nSPS) is 21.0. The first-order valence-electron chi connectivity index (χ1n) is 8.46. The van der Waals surface area contributed by atoms with Crippen molar-refractivity contribution in [1.29, 1.82) is 0 Å². The molecule has 140 valence electrons. The van der Waals surface area contributed by atoms with Gasteiger partial charge in [-0.05, 0) is 18.2 Å². The summed E-state index contributed by atoms with van der Waals surface area (Å²) in [6.45, 7) is 0.510. The minimum atomic E-state index is -1.09. The van der Waals surface area contributed by atoms with Crippen molar-refractivity contribution in [3.8, 4) is 11.5 Å². The Hall–Kier alpha value is -2.44. The van der Waals surface area contributed by atoms with Gasteiger partial charge in [0.25, 0.3) is 5.91 Å². The summed E-state index contributed by atoms with van der Waals surface area (Å²) in [4.78, 5) is 26.8. The van der Waals surface area contributed by atoms with Crippen LogP contribution in [0, 0.1) is 0 Å². The number of imide groups is 1. The summed E-state index contributed by atoms with van der Waals surface area (Å²) in [6.07, 6.45) is 0.377. The van der Waals surface area contributed by atoms with Crippen molar-refractivity contribution in [2.75, 3.05) is 19.8 Å². The maximum Gasteiger partial charge on any atom is 0.325 e. The highest BCUT2D eigenvalue weighted by Crippen LogP contribution is 2.41. The highest BCUT2D eigenvalue weighted by atomic mass is 35.5. The Bertz CT molecular complexity index is 900. The highest BCUT2D eigenvalue weighted by molar-refractivity contribution is 6.37. The van der Waals surface area contributed by atoms with Gasteiger partial charge in [0.15, 0.2) is 11.3 Å². The van der Waals surface area contributed by atoms with Gasteiger partial charge in [-0.2, -0.15) is 0 Å². The molecule has 1 saturated heterocycles. The van der Waals surface area contributed by atoms with E-state index >= 15 is 0 Å². The molecule has 1 fully saturated rings. The molecule has 27 heavy (non-hydrogen) atoms. The lowest BCUT2D eigenvalue weighted by molar-refractivity contribution is -0.132. The van der Waals surface area contributed by atoms with Crippen molar-refractivity contribution in [3.05, 3.63) is 58.1 Å². The van der Waals surface area contributed by atoms with Crippen LogP contribution in [0.15, 0.2) is 42.5 Å². The quantitative estimate of drug-likeness (QED) is 0.787. The van der Waals surface area contributed by atoms with E-state index in [1.165, 1.54) is 0 Å². The molecule has 0 aromatic heterocycles. The van der Waals surface area contributed by atoms with Crippen molar-refractivity contribution in [1.82, 2.24) is 10.2 Å². The molecule has 0 aliphatic carbocycles. The fourth-order valence-electron chi connectivity index (χ4n) is 3.43. The van der Waals surface area contributed by atoms with E-state index in [2.05, 4.69) is 5.32 Å². The molecule has 0 radical (unpaired) electrons. The van der Waals surface area contributed by atoms with Gasteiger partial charge in [0.05, 0.1) is 23.2 Å². The zero-order chi connectivity index (χ0) is 19.0. The molecule has 2 heterocycles. The van der Waals surface area contributed by atoms with E-state index in [4.69, 9.17) is 32.7 Å². The Morgan fingerprint density at radius 3 is 2.63 bits per heavy atom. The number of amides is 3. The van der Waals surface area contributed by atoms with Crippen LogP contribution in [0.2, 0.25) is 10.0 Å². The number of carbonyl (C=O) groups excluding carboxylic acids is 2. The Morgan fingerprint density at radius 1 is 1.11 bits per heavy atom. The molecular formula is C19H16Cl2N2O4. The van der Waals surface area contributed by atoms with E-state index in [0.29, 0.717) is 40.1 Å². The number of benzene rings is 2. The van der Waals surface area contributed by atoms with Crippen molar-refractivity contribution >= 4 is 35.1 Å². The van der Waals surface area contributed by atoms with Gasteiger partial charge in [-0.1, -0.05) is 47.5 Å². The molecule has 4 rings (SSSR count). The van der Waals surface area contributed by atoms with Gasteiger partial charge in [-0.15, -0.1) is 0 Å². The summed E-state index contributed by atoms with van der Waals surface area (Å²) in [5.74, 6) is 0.634. The molecule has 2 aliphatic rings. The second kappa shape index (κ2) is 6.94. The second-order valence-electron chi connectivity index (χ2n) is 6.29. The average Bonchev–Trinajstić information content (AvgIpc) is 2.89. The molecule has 1 spiro atoms. The lowest BCUT2D eigenvalue weighted by Gasteiger charge is -2.33. The Morgan fingerprint density at radius 2 is 1.85 bits per heavy atom. The topological polar surface area (TPSA) is 67.9 Å². The van der Waals surface area contributed by atoms with E-state index in [-0.39, 0.29) is 19.1 Å². The van der Waals surface area contributed by atoms with Gasteiger partial charge in [-0.25, -0.2) is 4.79 Å². The number of fused-ring (bicyclic) bond motifs is 2. The van der Waals surface area contributed by atoms with Crippen LogP contribution in [-0.2, 0) is 10.3 Å². The molecule has 3 amide bonds. The molecule has 0 saturated carbocycles. The maximum absolute atomic E-state index is 13.1. The Balaban J connectivity index is 1.51. The van der Waals surface area contributed by atoms with E-state index in [1.807, 2.05) is 12.1 Å². The summed E-state index contributed by atoms with van der Waals surface area (Å²) < 4.78 is 11.2. The number of hydrogen-bond acceptors (Lipinski definition) is 4. The number of nitrogens with zero attached hydrogens (tertiary/aromatic N) is 1. The molecule has 2 aromatic carbocycles. The monoisotopic (exact) mass is 406 g/mol. The van der Waals surface area contributed by atoms with Crippen LogP contribution < -0.4 is 14.8 Å². The molecule has 1 unspecified atom stereocenters. The highest BCUT2D eigenvalue weighted by Gasteiger charge is 2.54. The van der Waals surface area contributed by atoms with Crippen LogP contribution in [0.3, 0.4) is 0 Å². The third-order valence-corrected chi connectivity index (χ3v) is 5.33. The molecule has 2 aromatic rings. The predicted octanol–water partition coefficient (Wildman–Crippen LogP) is 3.60. The largest absolute Gasteiger partial charge is 0.493 e. The Kier molecular flexibility index (Phi) is 4.61. The first-order valence-corrected chi connectivity index (χ1v) is 9.22. The lowest BCUT2D eigenvalue weighted by atomic mass is 9.84. The smallest absolute Gasteiger partial charge is 0.325 e. The SMILES string of the molecule is O=C1NC2(CCOc3ccccc32)C(=O)N1CCOc1c(Cl)cccc1Cl. The third kappa shape index (κ3) is 2.99. The number of carbonyl (C=O) groups is 2. The number of ether oxygens (including phenoxy) is 2. The molecule has 8 heteroatoms. The van der Waals surface area contributed by atoms with Crippen LogP contribution >= 0.6 is 23.2 Å². The summed E-state index contributed by atoms with van der Waals surface area (Å²) in [6, 6.07) is 11.8. The molecule has 1 N–H and O–H groups in total. The lowest BCUT2D eigenvalue weighted by Crippen LogP contribution is -2.47. The molecule has 6 nitrogen and oxygen atoms in total.